The molecule has 1 amide bonds. The minimum absolute atomic E-state index is 0.0220. The van der Waals surface area contributed by atoms with Gasteiger partial charge in [0.05, 0.1) is 11.3 Å². The van der Waals surface area contributed by atoms with E-state index in [0.717, 1.165) is 21.6 Å². The number of fused-ring (bicyclic) bond motifs is 1. The quantitative estimate of drug-likeness (QED) is 0.389. The van der Waals surface area contributed by atoms with E-state index in [0.29, 0.717) is 12.3 Å². The molecule has 0 atom stereocenters. The van der Waals surface area contributed by atoms with Gasteiger partial charge in [0.25, 0.3) is 0 Å². The van der Waals surface area contributed by atoms with Gasteiger partial charge in [-0.15, -0.1) is 6.58 Å². The summed E-state index contributed by atoms with van der Waals surface area (Å²) in [5, 5.41) is 1.79. The molecule has 0 unspecified atom stereocenters. The minimum atomic E-state index is 0.0220. The molecule has 1 aromatic heterocycles. The van der Waals surface area contributed by atoms with Crippen LogP contribution in [0.25, 0.3) is 10.9 Å². The third-order valence-corrected chi connectivity index (χ3v) is 4.51. The lowest BCUT2D eigenvalue weighted by atomic mass is 10.2. The van der Waals surface area contributed by atoms with Gasteiger partial charge in [-0.05, 0) is 18.2 Å². The van der Waals surface area contributed by atoms with Crippen LogP contribution in [0.15, 0.2) is 78.6 Å². The molecule has 5 heteroatoms. The van der Waals surface area contributed by atoms with Gasteiger partial charge in [0, 0.05) is 17.6 Å². The number of hydrogen-bond donors (Lipinski definition) is 0. The summed E-state index contributed by atoms with van der Waals surface area (Å²) in [5.74, 6) is 0.331. The van der Waals surface area contributed by atoms with E-state index >= 15 is 0 Å². The van der Waals surface area contributed by atoms with Crippen LogP contribution in [-0.4, -0.2) is 28.2 Å². The van der Waals surface area contributed by atoms with Gasteiger partial charge >= 0.3 is 0 Å². The summed E-state index contributed by atoms with van der Waals surface area (Å²) in [7, 11) is 0. The highest BCUT2D eigenvalue weighted by molar-refractivity contribution is 8.00. The lowest BCUT2D eigenvalue weighted by Gasteiger charge is -2.21. The van der Waals surface area contributed by atoms with Crippen molar-refractivity contribution in [1.29, 1.82) is 0 Å². The molecular formula is C19H17N3OS. The first-order chi connectivity index (χ1) is 11.8. The predicted molar refractivity (Wildman–Crippen MR) is 99.3 cm³/mol. The van der Waals surface area contributed by atoms with Crippen LogP contribution in [0.2, 0.25) is 0 Å². The third kappa shape index (κ3) is 3.63. The third-order valence-electron chi connectivity index (χ3n) is 3.52. The van der Waals surface area contributed by atoms with Crippen LogP contribution in [-0.2, 0) is 4.79 Å². The van der Waals surface area contributed by atoms with Crippen LogP contribution in [0.5, 0.6) is 0 Å². The number of rotatable bonds is 6. The van der Waals surface area contributed by atoms with E-state index in [1.54, 1.807) is 11.0 Å². The highest BCUT2D eigenvalue weighted by Gasteiger charge is 2.15. The molecule has 24 heavy (non-hydrogen) atoms. The molecule has 120 valence electrons. The Morgan fingerprint density at radius 3 is 2.62 bits per heavy atom. The van der Waals surface area contributed by atoms with E-state index in [1.165, 1.54) is 18.1 Å². The van der Waals surface area contributed by atoms with E-state index in [4.69, 9.17) is 0 Å². The number of aromatic nitrogens is 2. The number of thioether (sulfide) groups is 1. The molecule has 1 heterocycles. The van der Waals surface area contributed by atoms with Gasteiger partial charge in [-0.3, -0.25) is 4.79 Å². The van der Waals surface area contributed by atoms with Crippen LogP contribution in [0, 0.1) is 0 Å². The van der Waals surface area contributed by atoms with Crippen molar-refractivity contribution in [3.63, 3.8) is 0 Å². The minimum Gasteiger partial charge on any atom is -0.308 e. The van der Waals surface area contributed by atoms with Crippen molar-refractivity contribution in [2.24, 2.45) is 0 Å². The summed E-state index contributed by atoms with van der Waals surface area (Å²) in [6, 6.07) is 17.4. The van der Waals surface area contributed by atoms with E-state index < -0.39 is 0 Å². The molecule has 4 nitrogen and oxygen atoms in total. The fourth-order valence-corrected chi connectivity index (χ4v) is 3.26. The summed E-state index contributed by atoms with van der Waals surface area (Å²) in [5.41, 5.74) is 1.75. The molecule has 0 fully saturated rings. The van der Waals surface area contributed by atoms with Crippen LogP contribution >= 0.6 is 11.8 Å². The molecule has 0 spiro atoms. The van der Waals surface area contributed by atoms with Crippen molar-refractivity contribution in [2.75, 3.05) is 17.2 Å². The average molecular weight is 335 g/mol. The summed E-state index contributed by atoms with van der Waals surface area (Å²) >= 11 is 1.43. The Labute approximate surface area is 145 Å². The zero-order valence-corrected chi connectivity index (χ0v) is 13.9. The lowest BCUT2D eigenvalue weighted by molar-refractivity contribution is -0.116. The second-order valence-corrected chi connectivity index (χ2v) is 6.08. The van der Waals surface area contributed by atoms with Crippen LogP contribution in [0.3, 0.4) is 0 Å². The monoisotopic (exact) mass is 335 g/mol. The van der Waals surface area contributed by atoms with E-state index in [2.05, 4.69) is 16.5 Å². The van der Waals surface area contributed by atoms with Gasteiger partial charge in [-0.2, -0.15) is 0 Å². The zero-order chi connectivity index (χ0) is 16.8. The number of hydrogen-bond acceptors (Lipinski definition) is 4. The Morgan fingerprint density at radius 2 is 1.83 bits per heavy atom. The molecule has 0 aliphatic rings. The summed E-state index contributed by atoms with van der Waals surface area (Å²) in [6.45, 7) is 4.23. The molecule has 0 saturated carbocycles. The molecule has 0 bridgehead atoms. The first-order valence-corrected chi connectivity index (χ1v) is 8.57. The molecule has 3 rings (SSSR count). The van der Waals surface area contributed by atoms with Gasteiger partial charge in [0.2, 0.25) is 5.91 Å². The topological polar surface area (TPSA) is 46.1 Å². The standard InChI is InChI=1S/C19H17N3OS/c1-2-12-22(15-8-4-3-5-9-15)18(23)13-24-19-16-10-6-7-11-17(16)20-14-21-19/h2-11,14H,1,12-13H2. The molecule has 0 radical (unpaired) electrons. The van der Waals surface area contributed by atoms with Crippen molar-refractivity contribution in [2.45, 2.75) is 5.03 Å². The Balaban J connectivity index is 1.77. The number of para-hydroxylation sites is 2. The van der Waals surface area contributed by atoms with Crippen LogP contribution in [0.4, 0.5) is 5.69 Å². The normalized spacial score (nSPS) is 10.5. The molecule has 0 aliphatic carbocycles. The van der Waals surface area contributed by atoms with Crippen molar-refractivity contribution in [3.8, 4) is 0 Å². The first kappa shape index (κ1) is 16.2. The predicted octanol–water partition coefficient (Wildman–Crippen LogP) is 3.94. The first-order valence-electron chi connectivity index (χ1n) is 7.58. The summed E-state index contributed by atoms with van der Waals surface area (Å²) in [6.07, 6.45) is 3.27. The van der Waals surface area contributed by atoms with Crippen molar-refractivity contribution >= 4 is 34.3 Å². The molecular weight excluding hydrogens is 318 g/mol. The Kier molecular flexibility index (Phi) is 5.23. The van der Waals surface area contributed by atoms with Crippen molar-refractivity contribution in [1.82, 2.24) is 9.97 Å². The number of carbonyl (C=O) groups is 1. The van der Waals surface area contributed by atoms with E-state index in [1.807, 2.05) is 54.6 Å². The van der Waals surface area contributed by atoms with Gasteiger partial charge in [-0.1, -0.05) is 54.2 Å². The average Bonchev–Trinajstić information content (AvgIpc) is 2.65. The summed E-state index contributed by atoms with van der Waals surface area (Å²) in [4.78, 5) is 22.9. The van der Waals surface area contributed by atoms with Gasteiger partial charge in [0.1, 0.15) is 11.4 Å². The van der Waals surface area contributed by atoms with Gasteiger partial charge in [-0.25, -0.2) is 9.97 Å². The second kappa shape index (κ2) is 7.75. The highest BCUT2D eigenvalue weighted by Crippen LogP contribution is 2.25. The SMILES string of the molecule is C=CCN(C(=O)CSc1ncnc2ccccc12)c1ccccc1. The van der Waals surface area contributed by atoms with E-state index in [9.17, 15) is 4.79 Å². The maximum Gasteiger partial charge on any atom is 0.237 e. The fraction of sp³-hybridized carbons (Fsp3) is 0.105. The fourth-order valence-electron chi connectivity index (χ4n) is 2.39. The molecule has 3 aromatic rings. The highest BCUT2D eigenvalue weighted by atomic mass is 32.2. The molecule has 2 aromatic carbocycles. The molecule has 0 N–H and O–H groups in total. The van der Waals surface area contributed by atoms with Crippen molar-refractivity contribution in [3.05, 3.63) is 73.6 Å². The lowest BCUT2D eigenvalue weighted by Crippen LogP contribution is -2.32. The van der Waals surface area contributed by atoms with Crippen LogP contribution in [0.1, 0.15) is 0 Å². The van der Waals surface area contributed by atoms with Gasteiger partial charge < -0.3 is 4.90 Å². The second-order valence-electron chi connectivity index (χ2n) is 5.11. The largest absolute Gasteiger partial charge is 0.308 e. The number of anilines is 1. The Hall–Kier alpha value is -2.66. The smallest absolute Gasteiger partial charge is 0.237 e. The van der Waals surface area contributed by atoms with Crippen LogP contribution < -0.4 is 4.90 Å². The van der Waals surface area contributed by atoms with Crippen molar-refractivity contribution < 1.29 is 4.79 Å². The number of nitrogens with zero attached hydrogens (tertiary/aromatic N) is 3. The maximum atomic E-state index is 12.7. The maximum absolute atomic E-state index is 12.7. The molecule has 0 aliphatic heterocycles. The number of amides is 1. The Bertz CT molecular complexity index is 846. The zero-order valence-electron chi connectivity index (χ0n) is 13.1. The number of benzene rings is 2. The van der Waals surface area contributed by atoms with Gasteiger partial charge in [0.15, 0.2) is 0 Å². The molecule has 0 saturated heterocycles. The summed E-state index contributed by atoms with van der Waals surface area (Å²) < 4.78 is 0. The van der Waals surface area contributed by atoms with E-state index in [-0.39, 0.29) is 5.91 Å². The Morgan fingerprint density at radius 1 is 1.08 bits per heavy atom. The number of carbonyl (C=O) groups excluding carboxylic acids is 1.